The van der Waals surface area contributed by atoms with Crippen molar-refractivity contribution >= 4 is 5.69 Å². The van der Waals surface area contributed by atoms with Gasteiger partial charge in [0.1, 0.15) is 0 Å². The van der Waals surface area contributed by atoms with Gasteiger partial charge < -0.3 is 4.90 Å². The third-order valence-electron chi connectivity index (χ3n) is 4.80. The first-order valence-electron chi connectivity index (χ1n) is 6.92. The number of hydrogen-bond acceptors (Lipinski definition) is 2. The van der Waals surface area contributed by atoms with Crippen molar-refractivity contribution in [1.29, 1.82) is 0 Å². The lowest BCUT2D eigenvalue weighted by atomic mass is 9.70. The van der Waals surface area contributed by atoms with Gasteiger partial charge in [-0.25, -0.2) is 0 Å². The van der Waals surface area contributed by atoms with Crippen molar-refractivity contribution in [3.05, 3.63) is 24.5 Å². The third kappa shape index (κ3) is 2.18. The lowest BCUT2D eigenvalue weighted by Gasteiger charge is -2.36. The normalized spacial score (nSPS) is 33.2. The zero-order valence-electron chi connectivity index (χ0n) is 10.7. The molecule has 1 aliphatic heterocycles. The molecule has 1 aromatic rings. The Morgan fingerprint density at radius 1 is 1.18 bits per heavy atom. The third-order valence-corrected chi connectivity index (χ3v) is 4.80. The molecule has 92 valence electrons. The summed E-state index contributed by atoms with van der Waals surface area (Å²) in [5.41, 5.74) is 1.99. The maximum absolute atomic E-state index is 4.10. The van der Waals surface area contributed by atoms with Crippen molar-refractivity contribution < 1.29 is 0 Å². The number of nitrogens with zero attached hydrogens (tertiary/aromatic N) is 2. The van der Waals surface area contributed by atoms with Gasteiger partial charge in [-0.1, -0.05) is 19.8 Å². The van der Waals surface area contributed by atoms with Gasteiger partial charge in [-0.15, -0.1) is 0 Å². The average Bonchev–Trinajstić information content (AvgIpc) is 2.79. The molecule has 1 spiro atoms. The van der Waals surface area contributed by atoms with E-state index in [4.69, 9.17) is 0 Å². The summed E-state index contributed by atoms with van der Waals surface area (Å²) in [5.74, 6) is 0.954. The topological polar surface area (TPSA) is 16.1 Å². The number of rotatable bonds is 1. The van der Waals surface area contributed by atoms with Crippen LogP contribution in [0.2, 0.25) is 0 Å². The minimum atomic E-state index is 0.635. The molecule has 1 aliphatic carbocycles. The number of aromatic nitrogens is 1. The fourth-order valence-electron chi connectivity index (χ4n) is 3.49. The van der Waals surface area contributed by atoms with Gasteiger partial charge in [0.05, 0.1) is 0 Å². The Hall–Kier alpha value is -1.05. The zero-order valence-corrected chi connectivity index (χ0v) is 10.7. The highest BCUT2D eigenvalue weighted by Gasteiger charge is 2.40. The van der Waals surface area contributed by atoms with Crippen molar-refractivity contribution in [1.82, 2.24) is 4.98 Å². The number of pyridine rings is 1. The fourth-order valence-corrected chi connectivity index (χ4v) is 3.49. The summed E-state index contributed by atoms with van der Waals surface area (Å²) in [6.45, 7) is 4.91. The van der Waals surface area contributed by atoms with E-state index < -0.39 is 0 Å². The van der Waals surface area contributed by atoms with Crippen LogP contribution in [0.25, 0.3) is 0 Å². The monoisotopic (exact) mass is 230 g/mol. The molecule has 0 aromatic carbocycles. The van der Waals surface area contributed by atoms with E-state index in [1.807, 2.05) is 12.4 Å². The van der Waals surface area contributed by atoms with Crippen molar-refractivity contribution in [3.63, 3.8) is 0 Å². The van der Waals surface area contributed by atoms with E-state index in [0.29, 0.717) is 5.41 Å². The molecule has 1 saturated heterocycles. The SMILES string of the molecule is CC1CCC2(CC1)CCN(c1ccncc1)C2. The van der Waals surface area contributed by atoms with Crippen LogP contribution in [0.3, 0.4) is 0 Å². The van der Waals surface area contributed by atoms with Gasteiger partial charge in [-0.2, -0.15) is 0 Å². The number of anilines is 1. The van der Waals surface area contributed by atoms with E-state index >= 15 is 0 Å². The summed E-state index contributed by atoms with van der Waals surface area (Å²) in [7, 11) is 0. The first-order valence-corrected chi connectivity index (χ1v) is 6.92. The Morgan fingerprint density at radius 2 is 1.88 bits per heavy atom. The fraction of sp³-hybridized carbons (Fsp3) is 0.667. The quantitative estimate of drug-likeness (QED) is 0.734. The molecule has 0 amide bonds. The first-order chi connectivity index (χ1) is 8.27. The lowest BCUT2D eigenvalue weighted by Crippen LogP contribution is -2.30. The highest BCUT2D eigenvalue weighted by atomic mass is 15.2. The van der Waals surface area contributed by atoms with Crippen LogP contribution in [-0.4, -0.2) is 18.1 Å². The van der Waals surface area contributed by atoms with Crippen LogP contribution in [0.1, 0.15) is 39.0 Å². The number of hydrogen-bond donors (Lipinski definition) is 0. The Bertz CT molecular complexity index is 366. The Balaban J connectivity index is 1.70. The van der Waals surface area contributed by atoms with E-state index in [1.165, 1.54) is 50.9 Å². The lowest BCUT2D eigenvalue weighted by molar-refractivity contribution is 0.180. The molecule has 0 N–H and O–H groups in total. The van der Waals surface area contributed by atoms with E-state index in [9.17, 15) is 0 Å². The summed E-state index contributed by atoms with van der Waals surface area (Å²) >= 11 is 0. The van der Waals surface area contributed by atoms with Gasteiger partial charge in [0.25, 0.3) is 0 Å². The molecule has 2 heterocycles. The first kappa shape index (κ1) is 11.1. The van der Waals surface area contributed by atoms with Crippen molar-refractivity contribution in [2.45, 2.75) is 39.0 Å². The summed E-state index contributed by atoms with van der Waals surface area (Å²) in [4.78, 5) is 6.66. The smallest absolute Gasteiger partial charge is 0.0397 e. The summed E-state index contributed by atoms with van der Waals surface area (Å²) < 4.78 is 0. The molecule has 2 fully saturated rings. The molecule has 0 radical (unpaired) electrons. The van der Waals surface area contributed by atoms with Gasteiger partial charge in [0.15, 0.2) is 0 Å². The van der Waals surface area contributed by atoms with E-state index in [1.54, 1.807) is 0 Å². The highest BCUT2D eigenvalue weighted by molar-refractivity contribution is 5.46. The molecular formula is C15H22N2. The Kier molecular flexibility index (Phi) is 2.81. The van der Waals surface area contributed by atoms with Crippen LogP contribution >= 0.6 is 0 Å². The molecule has 1 aromatic heterocycles. The van der Waals surface area contributed by atoms with Crippen LogP contribution in [0.5, 0.6) is 0 Å². The maximum atomic E-state index is 4.10. The predicted molar refractivity (Wildman–Crippen MR) is 71.1 cm³/mol. The standard InChI is InChI=1S/C15H22N2/c1-13-2-6-15(7-3-13)8-11-17(12-15)14-4-9-16-10-5-14/h4-5,9-10,13H,2-3,6-8,11-12H2,1H3. The minimum absolute atomic E-state index is 0.635. The predicted octanol–water partition coefficient (Wildman–Crippen LogP) is 3.49. The molecule has 2 nitrogen and oxygen atoms in total. The molecule has 1 saturated carbocycles. The van der Waals surface area contributed by atoms with E-state index in [0.717, 1.165) is 5.92 Å². The molecular weight excluding hydrogens is 208 g/mol. The van der Waals surface area contributed by atoms with Crippen LogP contribution in [0, 0.1) is 11.3 Å². The molecule has 0 atom stereocenters. The van der Waals surface area contributed by atoms with Crippen LogP contribution in [0.4, 0.5) is 5.69 Å². The van der Waals surface area contributed by atoms with Crippen molar-refractivity contribution in [3.8, 4) is 0 Å². The van der Waals surface area contributed by atoms with Crippen LogP contribution in [-0.2, 0) is 0 Å². The Morgan fingerprint density at radius 3 is 2.59 bits per heavy atom. The molecule has 17 heavy (non-hydrogen) atoms. The van der Waals surface area contributed by atoms with Crippen molar-refractivity contribution in [2.75, 3.05) is 18.0 Å². The minimum Gasteiger partial charge on any atom is -0.371 e. The van der Waals surface area contributed by atoms with Crippen LogP contribution in [0.15, 0.2) is 24.5 Å². The van der Waals surface area contributed by atoms with Gasteiger partial charge in [0, 0.05) is 31.2 Å². The average molecular weight is 230 g/mol. The van der Waals surface area contributed by atoms with Gasteiger partial charge in [0.2, 0.25) is 0 Å². The van der Waals surface area contributed by atoms with E-state index in [2.05, 4.69) is 28.9 Å². The largest absolute Gasteiger partial charge is 0.371 e. The van der Waals surface area contributed by atoms with Gasteiger partial charge in [-0.3, -0.25) is 4.98 Å². The summed E-state index contributed by atoms with van der Waals surface area (Å²) in [6, 6.07) is 4.29. The van der Waals surface area contributed by atoms with Gasteiger partial charge >= 0.3 is 0 Å². The van der Waals surface area contributed by atoms with Gasteiger partial charge in [-0.05, 0) is 42.7 Å². The van der Waals surface area contributed by atoms with Crippen molar-refractivity contribution in [2.24, 2.45) is 11.3 Å². The molecule has 2 heteroatoms. The molecule has 3 rings (SSSR count). The highest BCUT2D eigenvalue weighted by Crippen LogP contribution is 2.46. The zero-order chi connectivity index (χ0) is 11.7. The van der Waals surface area contributed by atoms with E-state index in [-0.39, 0.29) is 0 Å². The Labute approximate surface area is 104 Å². The second-order valence-corrected chi connectivity index (χ2v) is 6.06. The van der Waals surface area contributed by atoms with Crippen LogP contribution < -0.4 is 4.90 Å². The molecule has 0 bridgehead atoms. The molecule has 2 aliphatic rings. The second-order valence-electron chi connectivity index (χ2n) is 6.06. The molecule has 0 unspecified atom stereocenters. The second kappa shape index (κ2) is 4.32. The maximum Gasteiger partial charge on any atom is 0.0397 e. The summed E-state index contributed by atoms with van der Waals surface area (Å²) in [5, 5.41) is 0. The summed E-state index contributed by atoms with van der Waals surface area (Å²) in [6.07, 6.45) is 11.0.